The van der Waals surface area contributed by atoms with E-state index < -0.39 is 15.8 Å². The summed E-state index contributed by atoms with van der Waals surface area (Å²) >= 11 is 0. The lowest BCUT2D eigenvalue weighted by atomic mass is 10.3. The van der Waals surface area contributed by atoms with Gasteiger partial charge >= 0.3 is 0 Å². The highest BCUT2D eigenvalue weighted by Crippen LogP contribution is 2.23. The molecule has 0 amide bonds. The van der Waals surface area contributed by atoms with Gasteiger partial charge in [0.2, 0.25) is 10.0 Å². The molecular weight excluding hydrogens is 319 g/mol. The molecule has 1 aliphatic rings. The zero-order chi connectivity index (χ0) is 16.3. The summed E-state index contributed by atoms with van der Waals surface area (Å²) in [6, 6.07) is 8.79. The van der Waals surface area contributed by atoms with Crippen molar-refractivity contribution in [2.24, 2.45) is 0 Å². The summed E-state index contributed by atoms with van der Waals surface area (Å²) < 4.78 is 45.4. The Bertz CT molecular complexity index is 768. The Hall–Kier alpha value is -1.83. The van der Waals surface area contributed by atoms with Gasteiger partial charge in [-0.25, -0.2) is 12.8 Å². The van der Waals surface area contributed by atoms with Crippen LogP contribution in [0.2, 0.25) is 0 Å². The summed E-state index contributed by atoms with van der Waals surface area (Å²) in [5.74, 6) is -0.559. The van der Waals surface area contributed by atoms with Crippen molar-refractivity contribution in [3.8, 4) is 0 Å². The molecule has 0 bridgehead atoms. The van der Waals surface area contributed by atoms with E-state index in [1.807, 2.05) is 12.1 Å². The second-order valence-corrected chi connectivity index (χ2v) is 7.34. The molecule has 3 rings (SSSR count). The number of nitrogens with zero attached hydrogens (tertiary/aromatic N) is 2. The summed E-state index contributed by atoms with van der Waals surface area (Å²) in [7, 11) is -3.67. The molecule has 1 saturated heterocycles. The van der Waals surface area contributed by atoms with Crippen molar-refractivity contribution < 1.29 is 17.5 Å². The molecule has 7 heteroatoms. The molecule has 1 aromatic carbocycles. The molecule has 1 aliphatic heterocycles. The summed E-state index contributed by atoms with van der Waals surface area (Å²) in [5, 5.41) is 0. The van der Waals surface area contributed by atoms with E-state index in [1.54, 1.807) is 12.4 Å². The molecule has 0 radical (unpaired) electrons. The topological polar surface area (TPSA) is 59.5 Å². The van der Waals surface area contributed by atoms with E-state index in [0.29, 0.717) is 19.6 Å². The van der Waals surface area contributed by atoms with Crippen LogP contribution in [-0.2, 0) is 21.4 Å². The lowest BCUT2D eigenvalue weighted by molar-refractivity contribution is 0.0508. The number of hydrogen-bond donors (Lipinski definition) is 0. The van der Waals surface area contributed by atoms with Crippen molar-refractivity contribution in [2.45, 2.75) is 24.0 Å². The van der Waals surface area contributed by atoms with Gasteiger partial charge in [0.15, 0.2) is 0 Å². The van der Waals surface area contributed by atoms with E-state index in [1.165, 1.54) is 22.5 Å². The van der Waals surface area contributed by atoms with Crippen LogP contribution < -0.4 is 0 Å². The molecule has 0 N–H and O–H groups in total. The summed E-state index contributed by atoms with van der Waals surface area (Å²) in [6.45, 7) is 1.07. The van der Waals surface area contributed by atoms with Gasteiger partial charge in [-0.05, 0) is 42.3 Å². The zero-order valence-electron chi connectivity index (χ0n) is 12.4. The predicted molar refractivity (Wildman–Crippen MR) is 82.6 cm³/mol. The molecule has 1 atom stereocenters. The van der Waals surface area contributed by atoms with Crippen molar-refractivity contribution in [2.75, 3.05) is 13.1 Å². The van der Waals surface area contributed by atoms with Gasteiger partial charge in [-0.3, -0.25) is 4.98 Å². The van der Waals surface area contributed by atoms with Gasteiger partial charge in [0.1, 0.15) is 5.82 Å². The van der Waals surface area contributed by atoms with Crippen molar-refractivity contribution in [3.63, 3.8) is 0 Å². The number of pyridine rings is 1. The van der Waals surface area contributed by atoms with Crippen molar-refractivity contribution in [1.82, 2.24) is 9.29 Å². The molecular formula is C16H17FN2O3S. The average Bonchev–Trinajstić information content (AvgIpc) is 3.04. The van der Waals surface area contributed by atoms with Crippen molar-refractivity contribution in [1.29, 1.82) is 0 Å². The second kappa shape index (κ2) is 6.74. The number of rotatable bonds is 5. The van der Waals surface area contributed by atoms with Crippen molar-refractivity contribution >= 4 is 10.0 Å². The van der Waals surface area contributed by atoms with Gasteiger partial charge in [0.25, 0.3) is 0 Å². The maximum absolute atomic E-state index is 13.3. The summed E-state index contributed by atoms with van der Waals surface area (Å²) in [5.41, 5.74) is 0.992. The first kappa shape index (κ1) is 16.0. The van der Waals surface area contributed by atoms with E-state index in [2.05, 4.69) is 4.98 Å². The quantitative estimate of drug-likeness (QED) is 0.840. The van der Waals surface area contributed by atoms with Crippen LogP contribution in [0, 0.1) is 5.82 Å². The SMILES string of the molecule is O=S(=O)(c1cccc(F)c1)N1CCC(OCc2ccncc2)C1. The van der Waals surface area contributed by atoms with Crippen LogP contribution >= 0.6 is 0 Å². The maximum Gasteiger partial charge on any atom is 0.243 e. The molecule has 0 aliphatic carbocycles. The molecule has 2 heterocycles. The Morgan fingerprint density at radius 1 is 1.26 bits per heavy atom. The third-order valence-corrected chi connectivity index (χ3v) is 5.64. The number of benzene rings is 1. The molecule has 1 unspecified atom stereocenters. The van der Waals surface area contributed by atoms with Crippen LogP contribution in [0.4, 0.5) is 4.39 Å². The van der Waals surface area contributed by atoms with Gasteiger partial charge in [-0.2, -0.15) is 4.31 Å². The molecule has 122 valence electrons. The normalized spacial score (nSPS) is 19.1. The van der Waals surface area contributed by atoms with Crippen LogP contribution in [0.3, 0.4) is 0 Å². The Balaban J connectivity index is 1.63. The van der Waals surface area contributed by atoms with Crippen molar-refractivity contribution in [3.05, 3.63) is 60.2 Å². The van der Waals surface area contributed by atoms with Gasteiger partial charge in [0, 0.05) is 25.5 Å². The largest absolute Gasteiger partial charge is 0.372 e. The molecule has 0 saturated carbocycles. The minimum Gasteiger partial charge on any atom is -0.372 e. The van der Waals surface area contributed by atoms with Crippen LogP contribution in [-0.4, -0.2) is 36.9 Å². The molecule has 23 heavy (non-hydrogen) atoms. The Kier molecular flexibility index (Phi) is 4.70. The summed E-state index contributed by atoms with van der Waals surface area (Å²) in [4.78, 5) is 3.92. The zero-order valence-corrected chi connectivity index (χ0v) is 13.2. The minimum atomic E-state index is -3.67. The first-order valence-corrected chi connectivity index (χ1v) is 8.76. The monoisotopic (exact) mass is 336 g/mol. The standard InChI is InChI=1S/C16H17FN2O3S/c17-14-2-1-3-16(10-14)23(20,21)19-9-6-15(11-19)22-12-13-4-7-18-8-5-13/h1-5,7-8,10,15H,6,9,11-12H2. The Labute approximate surface area is 134 Å². The lowest BCUT2D eigenvalue weighted by Crippen LogP contribution is -2.30. The number of sulfonamides is 1. The average molecular weight is 336 g/mol. The lowest BCUT2D eigenvalue weighted by Gasteiger charge is -2.17. The van der Waals surface area contributed by atoms with Gasteiger partial charge < -0.3 is 4.74 Å². The Morgan fingerprint density at radius 2 is 2.04 bits per heavy atom. The van der Waals surface area contributed by atoms with Gasteiger partial charge in [-0.1, -0.05) is 6.07 Å². The summed E-state index contributed by atoms with van der Waals surface area (Å²) in [6.07, 6.45) is 3.84. The maximum atomic E-state index is 13.3. The first-order chi connectivity index (χ1) is 11.1. The van der Waals surface area contributed by atoms with E-state index >= 15 is 0 Å². The number of hydrogen-bond acceptors (Lipinski definition) is 4. The third-order valence-electron chi connectivity index (χ3n) is 3.78. The molecule has 1 fully saturated rings. The highest BCUT2D eigenvalue weighted by molar-refractivity contribution is 7.89. The van der Waals surface area contributed by atoms with Crippen LogP contribution in [0.5, 0.6) is 0 Å². The van der Waals surface area contributed by atoms with Gasteiger partial charge in [-0.15, -0.1) is 0 Å². The molecule has 1 aromatic heterocycles. The molecule has 5 nitrogen and oxygen atoms in total. The fourth-order valence-corrected chi connectivity index (χ4v) is 4.04. The van der Waals surface area contributed by atoms with Crippen LogP contribution in [0.1, 0.15) is 12.0 Å². The predicted octanol–water partition coefficient (Wildman–Crippen LogP) is 2.20. The highest BCUT2D eigenvalue weighted by atomic mass is 32.2. The first-order valence-electron chi connectivity index (χ1n) is 7.32. The second-order valence-electron chi connectivity index (χ2n) is 5.40. The van der Waals surface area contributed by atoms with E-state index in [9.17, 15) is 12.8 Å². The number of halogens is 1. The van der Waals surface area contributed by atoms with Gasteiger partial charge in [0.05, 0.1) is 17.6 Å². The van der Waals surface area contributed by atoms with E-state index in [-0.39, 0.29) is 17.5 Å². The fraction of sp³-hybridized carbons (Fsp3) is 0.312. The molecule has 2 aromatic rings. The Morgan fingerprint density at radius 3 is 2.78 bits per heavy atom. The molecule has 0 spiro atoms. The number of aromatic nitrogens is 1. The van der Waals surface area contributed by atoms with E-state index in [0.717, 1.165) is 11.6 Å². The smallest absolute Gasteiger partial charge is 0.243 e. The van der Waals surface area contributed by atoms with Crippen LogP contribution in [0.25, 0.3) is 0 Å². The fourth-order valence-electron chi connectivity index (χ4n) is 2.52. The highest BCUT2D eigenvalue weighted by Gasteiger charge is 2.33. The third kappa shape index (κ3) is 3.74. The van der Waals surface area contributed by atoms with E-state index in [4.69, 9.17) is 4.74 Å². The van der Waals surface area contributed by atoms with Crippen LogP contribution in [0.15, 0.2) is 53.7 Å². The minimum absolute atomic E-state index is 0.0210. The number of ether oxygens (including phenoxy) is 1.